The summed E-state index contributed by atoms with van der Waals surface area (Å²) in [5.74, 6) is 0. The minimum absolute atomic E-state index is 0.997. The lowest BCUT2D eigenvalue weighted by Crippen LogP contribution is -2.22. The highest BCUT2D eigenvalue weighted by atomic mass is 32.1. The van der Waals surface area contributed by atoms with Crippen LogP contribution in [0.2, 0.25) is 0 Å². The third-order valence-corrected chi connectivity index (χ3v) is 4.93. The Morgan fingerprint density at radius 2 is 2.40 bits per heavy atom. The molecular formula is C11H12N2S2. The molecule has 15 heavy (non-hydrogen) atoms. The molecule has 2 aromatic rings. The van der Waals surface area contributed by atoms with Gasteiger partial charge in [0.2, 0.25) is 0 Å². The van der Waals surface area contributed by atoms with E-state index >= 15 is 0 Å². The number of aryl methyl sites for hydroxylation is 1. The van der Waals surface area contributed by atoms with Crippen molar-refractivity contribution in [3.05, 3.63) is 27.6 Å². The predicted octanol–water partition coefficient (Wildman–Crippen LogP) is 2.83. The van der Waals surface area contributed by atoms with Crippen molar-refractivity contribution in [1.82, 2.24) is 10.3 Å². The molecule has 0 spiro atoms. The van der Waals surface area contributed by atoms with Crippen molar-refractivity contribution in [3.8, 4) is 9.88 Å². The molecule has 0 saturated heterocycles. The molecule has 0 aliphatic carbocycles. The molecule has 4 heteroatoms. The Balaban J connectivity index is 2.06. The minimum Gasteiger partial charge on any atom is -0.311 e. The molecule has 0 bridgehead atoms. The van der Waals surface area contributed by atoms with Crippen LogP contribution in [0, 0.1) is 6.92 Å². The SMILES string of the molecule is Cc1ccsc1-c1nc2c(s1)CNCC2. The molecule has 0 fully saturated rings. The fourth-order valence-corrected chi connectivity index (χ4v) is 3.98. The van der Waals surface area contributed by atoms with E-state index in [9.17, 15) is 0 Å². The summed E-state index contributed by atoms with van der Waals surface area (Å²) in [4.78, 5) is 7.51. The van der Waals surface area contributed by atoms with Crippen LogP contribution < -0.4 is 5.32 Å². The first-order valence-corrected chi connectivity index (χ1v) is 6.78. The largest absolute Gasteiger partial charge is 0.311 e. The quantitative estimate of drug-likeness (QED) is 0.823. The third kappa shape index (κ3) is 1.62. The number of aromatic nitrogens is 1. The number of thiophene rings is 1. The second kappa shape index (κ2) is 3.70. The average molecular weight is 236 g/mol. The highest BCUT2D eigenvalue weighted by Gasteiger charge is 2.16. The summed E-state index contributed by atoms with van der Waals surface area (Å²) < 4.78 is 0. The lowest BCUT2D eigenvalue weighted by Gasteiger charge is -2.09. The number of nitrogens with one attached hydrogen (secondary N) is 1. The maximum atomic E-state index is 4.74. The van der Waals surface area contributed by atoms with Gasteiger partial charge in [0.05, 0.1) is 10.6 Å². The standard InChI is InChI=1S/C11H12N2S2/c1-7-3-5-14-10(7)11-13-8-2-4-12-6-9(8)15-11/h3,5,12H,2,4,6H2,1H3. The zero-order chi connectivity index (χ0) is 10.3. The van der Waals surface area contributed by atoms with Gasteiger partial charge in [0, 0.05) is 24.4 Å². The Kier molecular flexibility index (Phi) is 2.35. The number of fused-ring (bicyclic) bond motifs is 1. The predicted molar refractivity (Wildman–Crippen MR) is 65.6 cm³/mol. The summed E-state index contributed by atoms with van der Waals surface area (Å²) >= 11 is 3.64. The van der Waals surface area contributed by atoms with Crippen molar-refractivity contribution in [2.24, 2.45) is 0 Å². The van der Waals surface area contributed by atoms with Crippen LogP contribution in [0.5, 0.6) is 0 Å². The van der Waals surface area contributed by atoms with Crippen LogP contribution in [0.25, 0.3) is 9.88 Å². The molecule has 3 heterocycles. The molecule has 2 aromatic heterocycles. The lowest BCUT2D eigenvalue weighted by atomic mass is 10.2. The van der Waals surface area contributed by atoms with Gasteiger partial charge in [-0.1, -0.05) is 0 Å². The first-order chi connectivity index (χ1) is 7.34. The molecule has 1 aliphatic rings. The van der Waals surface area contributed by atoms with Gasteiger partial charge in [-0.25, -0.2) is 4.98 Å². The van der Waals surface area contributed by atoms with Crippen molar-refractivity contribution in [2.75, 3.05) is 6.54 Å². The van der Waals surface area contributed by atoms with Crippen LogP contribution in [0.4, 0.5) is 0 Å². The Morgan fingerprint density at radius 1 is 1.47 bits per heavy atom. The van der Waals surface area contributed by atoms with E-state index < -0.39 is 0 Å². The molecule has 0 unspecified atom stereocenters. The van der Waals surface area contributed by atoms with Gasteiger partial charge in [0.15, 0.2) is 0 Å². The van der Waals surface area contributed by atoms with Gasteiger partial charge in [-0.15, -0.1) is 22.7 Å². The molecule has 3 rings (SSSR count). The van der Waals surface area contributed by atoms with Crippen LogP contribution in [0.3, 0.4) is 0 Å². The Morgan fingerprint density at radius 3 is 3.13 bits per heavy atom. The molecule has 2 nitrogen and oxygen atoms in total. The normalized spacial score (nSPS) is 15.3. The van der Waals surface area contributed by atoms with Crippen molar-refractivity contribution < 1.29 is 0 Å². The van der Waals surface area contributed by atoms with Crippen LogP contribution in [-0.4, -0.2) is 11.5 Å². The third-order valence-electron chi connectivity index (χ3n) is 2.66. The molecule has 1 aliphatic heterocycles. The fourth-order valence-electron chi connectivity index (χ4n) is 1.81. The summed E-state index contributed by atoms with van der Waals surface area (Å²) in [6.45, 7) is 4.22. The van der Waals surface area contributed by atoms with E-state index in [0.717, 1.165) is 19.5 Å². The molecule has 1 N–H and O–H groups in total. The van der Waals surface area contributed by atoms with Crippen molar-refractivity contribution in [2.45, 2.75) is 19.9 Å². The van der Waals surface area contributed by atoms with Gasteiger partial charge in [0.1, 0.15) is 5.01 Å². The van der Waals surface area contributed by atoms with Crippen molar-refractivity contribution in [3.63, 3.8) is 0 Å². The van der Waals surface area contributed by atoms with E-state index in [0.29, 0.717) is 0 Å². The summed E-state index contributed by atoms with van der Waals surface area (Å²) in [7, 11) is 0. The molecule has 78 valence electrons. The topological polar surface area (TPSA) is 24.9 Å². The second-order valence-electron chi connectivity index (χ2n) is 3.75. The zero-order valence-electron chi connectivity index (χ0n) is 8.54. The van der Waals surface area contributed by atoms with Crippen LogP contribution in [0.15, 0.2) is 11.4 Å². The van der Waals surface area contributed by atoms with E-state index in [1.165, 1.54) is 26.0 Å². The first-order valence-electron chi connectivity index (χ1n) is 5.08. The Bertz CT molecular complexity index is 461. The Labute approximate surface area is 97.0 Å². The van der Waals surface area contributed by atoms with E-state index in [-0.39, 0.29) is 0 Å². The second-order valence-corrected chi connectivity index (χ2v) is 5.75. The molecule has 0 aromatic carbocycles. The van der Waals surface area contributed by atoms with E-state index in [1.807, 2.05) is 11.3 Å². The number of thiazole rings is 1. The van der Waals surface area contributed by atoms with Gasteiger partial charge < -0.3 is 5.32 Å². The van der Waals surface area contributed by atoms with Crippen molar-refractivity contribution >= 4 is 22.7 Å². The summed E-state index contributed by atoms with van der Waals surface area (Å²) in [5.41, 5.74) is 2.65. The monoisotopic (exact) mass is 236 g/mol. The van der Waals surface area contributed by atoms with E-state index in [4.69, 9.17) is 4.98 Å². The smallest absolute Gasteiger partial charge is 0.134 e. The van der Waals surface area contributed by atoms with E-state index in [2.05, 4.69) is 23.7 Å². The van der Waals surface area contributed by atoms with Gasteiger partial charge in [-0.3, -0.25) is 0 Å². The van der Waals surface area contributed by atoms with Crippen LogP contribution in [0.1, 0.15) is 16.1 Å². The van der Waals surface area contributed by atoms with Gasteiger partial charge in [-0.05, 0) is 23.9 Å². The average Bonchev–Trinajstić information content (AvgIpc) is 2.82. The fraction of sp³-hybridized carbons (Fsp3) is 0.364. The molecule has 0 radical (unpaired) electrons. The zero-order valence-corrected chi connectivity index (χ0v) is 10.2. The summed E-state index contributed by atoms with van der Waals surface area (Å²) in [6, 6.07) is 2.17. The molecule has 0 amide bonds. The molecule has 0 saturated carbocycles. The molecule has 0 atom stereocenters. The van der Waals surface area contributed by atoms with Crippen LogP contribution in [-0.2, 0) is 13.0 Å². The first kappa shape index (κ1) is 9.51. The summed E-state index contributed by atoms with van der Waals surface area (Å²) in [6.07, 6.45) is 1.08. The Hall–Kier alpha value is -0.710. The van der Waals surface area contributed by atoms with E-state index in [1.54, 1.807) is 11.3 Å². The van der Waals surface area contributed by atoms with Gasteiger partial charge >= 0.3 is 0 Å². The highest BCUT2D eigenvalue weighted by Crippen LogP contribution is 2.34. The number of hydrogen-bond donors (Lipinski definition) is 1. The highest BCUT2D eigenvalue weighted by molar-refractivity contribution is 7.21. The van der Waals surface area contributed by atoms with Gasteiger partial charge in [-0.2, -0.15) is 0 Å². The number of nitrogens with zero attached hydrogens (tertiary/aromatic N) is 1. The van der Waals surface area contributed by atoms with Gasteiger partial charge in [0.25, 0.3) is 0 Å². The number of rotatable bonds is 1. The summed E-state index contributed by atoms with van der Waals surface area (Å²) in [5, 5.41) is 6.73. The molecular weight excluding hydrogens is 224 g/mol. The lowest BCUT2D eigenvalue weighted by molar-refractivity contribution is 0.644. The van der Waals surface area contributed by atoms with Crippen molar-refractivity contribution in [1.29, 1.82) is 0 Å². The maximum Gasteiger partial charge on any atom is 0.134 e. The minimum atomic E-state index is 0.997. The van der Waals surface area contributed by atoms with Crippen LogP contribution >= 0.6 is 22.7 Å². The maximum absolute atomic E-state index is 4.74. The number of hydrogen-bond acceptors (Lipinski definition) is 4.